The van der Waals surface area contributed by atoms with E-state index < -0.39 is 0 Å². The van der Waals surface area contributed by atoms with Gasteiger partial charge >= 0.3 is 0 Å². The molecule has 6 heteroatoms. The molecule has 21 heavy (non-hydrogen) atoms. The largest absolute Gasteiger partial charge is 0.487 e. The van der Waals surface area contributed by atoms with E-state index in [0.717, 1.165) is 38.1 Å². The first-order valence-corrected chi connectivity index (χ1v) is 8.32. The highest BCUT2D eigenvalue weighted by Crippen LogP contribution is 2.26. The zero-order valence-corrected chi connectivity index (χ0v) is 15.5. The van der Waals surface area contributed by atoms with Gasteiger partial charge in [-0.3, -0.25) is 4.68 Å². The number of benzene rings is 1. The van der Waals surface area contributed by atoms with Crippen LogP contribution in [0.5, 0.6) is 5.75 Å². The lowest BCUT2D eigenvalue weighted by Crippen LogP contribution is -2.18. The van der Waals surface area contributed by atoms with Gasteiger partial charge < -0.3 is 10.5 Å². The third-order valence-corrected chi connectivity index (χ3v) is 5.00. The Bertz CT molecular complexity index is 638. The smallest absolute Gasteiger partial charge is 0.131 e. The monoisotopic (exact) mass is 415 g/mol. The van der Waals surface area contributed by atoms with E-state index in [4.69, 9.17) is 10.5 Å². The van der Waals surface area contributed by atoms with Crippen molar-refractivity contribution >= 4 is 31.9 Å². The average Bonchev–Trinajstić information content (AvgIpc) is 2.64. The van der Waals surface area contributed by atoms with Crippen molar-refractivity contribution in [3.63, 3.8) is 0 Å². The summed E-state index contributed by atoms with van der Waals surface area (Å²) in [7, 11) is 1.92. The fourth-order valence-corrected chi connectivity index (χ4v) is 2.99. The van der Waals surface area contributed by atoms with Crippen molar-refractivity contribution in [3.8, 4) is 5.75 Å². The number of ether oxygens (including phenoxy) is 1. The second-order valence-electron chi connectivity index (χ2n) is 5.19. The number of nitrogens with two attached hydrogens (primary N) is 1. The maximum absolute atomic E-state index is 5.89. The van der Waals surface area contributed by atoms with Crippen LogP contribution in [0.4, 0.5) is 0 Å². The molecule has 0 bridgehead atoms. The lowest BCUT2D eigenvalue weighted by Gasteiger charge is -2.12. The number of halogens is 2. The topological polar surface area (TPSA) is 53.1 Å². The van der Waals surface area contributed by atoms with E-state index >= 15 is 0 Å². The summed E-state index contributed by atoms with van der Waals surface area (Å²) in [5.41, 5.74) is 9.01. The van der Waals surface area contributed by atoms with Crippen LogP contribution in [0.3, 0.4) is 0 Å². The highest BCUT2D eigenvalue weighted by Gasteiger charge is 2.12. The highest BCUT2D eigenvalue weighted by atomic mass is 79.9. The fourth-order valence-electron chi connectivity index (χ4n) is 2.13. The quantitative estimate of drug-likeness (QED) is 0.807. The number of nitrogens with zero attached hydrogens (tertiary/aromatic N) is 2. The summed E-state index contributed by atoms with van der Waals surface area (Å²) in [6.45, 7) is 4.43. The number of hydrogen-bond donors (Lipinski definition) is 1. The van der Waals surface area contributed by atoms with Gasteiger partial charge in [0, 0.05) is 17.6 Å². The number of rotatable bonds is 5. The van der Waals surface area contributed by atoms with Gasteiger partial charge in [-0.1, -0.05) is 15.9 Å². The molecular formula is C15H19Br2N3O. The highest BCUT2D eigenvalue weighted by molar-refractivity contribution is 9.10. The van der Waals surface area contributed by atoms with Crippen LogP contribution in [0.1, 0.15) is 23.9 Å². The molecule has 0 radical (unpaired) electrons. The van der Waals surface area contributed by atoms with Crippen molar-refractivity contribution in [2.75, 3.05) is 0 Å². The molecule has 1 unspecified atom stereocenters. The van der Waals surface area contributed by atoms with Crippen molar-refractivity contribution in [2.45, 2.75) is 32.9 Å². The third-order valence-electron chi connectivity index (χ3n) is 3.20. The van der Waals surface area contributed by atoms with Gasteiger partial charge in [0.25, 0.3) is 0 Å². The summed E-state index contributed by atoms with van der Waals surface area (Å²) in [5.74, 6) is 0.833. The lowest BCUT2D eigenvalue weighted by atomic mass is 10.1. The molecule has 0 saturated carbocycles. The van der Waals surface area contributed by atoms with Crippen molar-refractivity contribution in [1.82, 2.24) is 9.78 Å². The molecule has 0 fully saturated rings. The molecule has 1 heterocycles. The van der Waals surface area contributed by atoms with Crippen LogP contribution in [0.2, 0.25) is 0 Å². The molecule has 4 nitrogen and oxygen atoms in total. The average molecular weight is 417 g/mol. The molecule has 0 amide bonds. The van der Waals surface area contributed by atoms with Crippen molar-refractivity contribution < 1.29 is 4.74 Å². The van der Waals surface area contributed by atoms with Crippen LogP contribution in [-0.4, -0.2) is 15.8 Å². The molecule has 0 aliphatic carbocycles. The summed E-state index contributed by atoms with van der Waals surface area (Å²) in [5, 5.41) is 4.36. The Labute approximate surface area is 141 Å². The van der Waals surface area contributed by atoms with Gasteiger partial charge in [0.1, 0.15) is 12.4 Å². The molecule has 1 aromatic heterocycles. The van der Waals surface area contributed by atoms with E-state index in [0.29, 0.717) is 6.61 Å². The predicted molar refractivity (Wildman–Crippen MR) is 91.5 cm³/mol. The van der Waals surface area contributed by atoms with Crippen LogP contribution < -0.4 is 10.5 Å². The van der Waals surface area contributed by atoms with Gasteiger partial charge in [0.2, 0.25) is 0 Å². The van der Waals surface area contributed by atoms with Gasteiger partial charge in [-0.15, -0.1) is 0 Å². The Morgan fingerprint density at radius 1 is 1.38 bits per heavy atom. The van der Waals surface area contributed by atoms with Gasteiger partial charge in [0.05, 0.1) is 15.9 Å². The Morgan fingerprint density at radius 3 is 2.67 bits per heavy atom. The Hall–Kier alpha value is -0.850. The maximum atomic E-state index is 5.89. The van der Waals surface area contributed by atoms with E-state index in [1.165, 1.54) is 0 Å². The molecule has 114 valence electrons. The summed E-state index contributed by atoms with van der Waals surface area (Å²) >= 11 is 7.09. The van der Waals surface area contributed by atoms with Crippen LogP contribution in [-0.2, 0) is 20.1 Å². The molecule has 1 atom stereocenters. The molecule has 1 aromatic carbocycles. The summed E-state index contributed by atoms with van der Waals surface area (Å²) in [6, 6.07) is 6.10. The Morgan fingerprint density at radius 2 is 2.10 bits per heavy atom. The van der Waals surface area contributed by atoms with Crippen LogP contribution in [0, 0.1) is 6.92 Å². The third kappa shape index (κ3) is 4.08. The van der Waals surface area contributed by atoms with Crippen LogP contribution >= 0.6 is 31.9 Å². The van der Waals surface area contributed by atoms with E-state index in [2.05, 4.69) is 37.0 Å². The van der Waals surface area contributed by atoms with E-state index in [9.17, 15) is 0 Å². The normalized spacial score (nSPS) is 12.5. The number of aromatic nitrogens is 2. The van der Waals surface area contributed by atoms with E-state index in [1.54, 1.807) is 0 Å². The molecule has 0 aliphatic heterocycles. The molecule has 2 aromatic rings. The Balaban J connectivity index is 2.13. The lowest BCUT2D eigenvalue weighted by molar-refractivity contribution is 0.293. The summed E-state index contributed by atoms with van der Waals surface area (Å²) in [6.07, 6.45) is 0.812. The van der Waals surface area contributed by atoms with Gasteiger partial charge in [-0.05, 0) is 60.0 Å². The minimum absolute atomic E-state index is 0.116. The molecule has 2 rings (SSSR count). The molecule has 0 spiro atoms. The van der Waals surface area contributed by atoms with Crippen molar-refractivity contribution in [1.29, 1.82) is 0 Å². The first-order chi connectivity index (χ1) is 9.88. The maximum Gasteiger partial charge on any atom is 0.131 e. The van der Waals surface area contributed by atoms with E-state index in [-0.39, 0.29) is 6.04 Å². The van der Waals surface area contributed by atoms with Gasteiger partial charge in [-0.25, -0.2) is 0 Å². The Kier molecular flexibility index (Phi) is 5.46. The summed E-state index contributed by atoms with van der Waals surface area (Å²) < 4.78 is 9.78. The zero-order chi connectivity index (χ0) is 15.6. The van der Waals surface area contributed by atoms with Crippen molar-refractivity contribution in [3.05, 3.63) is 44.1 Å². The van der Waals surface area contributed by atoms with E-state index in [1.807, 2.05) is 43.8 Å². The summed E-state index contributed by atoms with van der Waals surface area (Å²) in [4.78, 5) is 0. The SMILES string of the molecule is Cc1nn(C)c(COc2ccc(Br)c(CC(C)N)c2)c1Br. The second-order valence-corrected chi connectivity index (χ2v) is 6.84. The van der Waals surface area contributed by atoms with Gasteiger partial charge in [-0.2, -0.15) is 5.10 Å². The standard InChI is InChI=1S/C15H19Br2N3O/c1-9(18)6-11-7-12(4-5-13(11)16)21-8-14-15(17)10(2)19-20(14)3/h4-5,7,9H,6,8,18H2,1-3H3. The molecular weight excluding hydrogens is 398 g/mol. The molecule has 0 aliphatic rings. The predicted octanol–water partition coefficient (Wildman–Crippen LogP) is 3.72. The molecule has 2 N–H and O–H groups in total. The van der Waals surface area contributed by atoms with Crippen LogP contribution in [0.15, 0.2) is 27.1 Å². The van der Waals surface area contributed by atoms with Gasteiger partial charge in [0.15, 0.2) is 0 Å². The number of aryl methyl sites for hydroxylation is 2. The second kappa shape index (κ2) is 6.94. The minimum atomic E-state index is 0.116. The van der Waals surface area contributed by atoms with Crippen LogP contribution in [0.25, 0.3) is 0 Å². The number of hydrogen-bond acceptors (Lipinski definition) is 3. The first kappa shape index (κ1) is 16.5. The minimum Gasteiger partial charge on any atom is -0.487 e. The first-order valence-electron chi connectivity index (χ1n) is 6.73. The zero-order valence-electron chi connectivity index (χ0n) is 12.4. The molecule has 0 saturated heterocycles. The van der Waals surface area contributed by atoms with Crippen molar-refractivity contribution in [2.24, 2.45) is 12.8 Å². The fraction of sp³-hybridized carbons (Fsp3) is 0.400.